The molecule has 0 saturated carbocycles. The molecule has 2 heterocycles. The summed E-state index contributed by atoms with van der Waals surface area (Å²) in [6.07, 6.45) is 0.808. The maximum atomic E-state index is 13.5. The first-order chi connectivity index (χ1) is 13.8. The van der Waals surface area contributed by atoms with Crippen LogP contribution < -0.4 is 4.74 Å². The summed E-state index contributed by atoms with van der Waals surface area (Å²) < 4.78 is 33.9. The molecule has 2 aromatic carbocycles. The van der Waals surface area contributed by atoms with Gasteiger partial charge in [-0.2, -0.15) is 4.31 Å². The van der Waals surface area contributed by atoms with Crippen LogP contribution >= 0.6 is 0 Å². The molecule has 2 aliphatic heterocycles. The van der Waals surface area contributed by atoms with Gasteiger partial charge in [-0.05, 0) is 61.6 Å². The molecule has 0 N–H and O–H groups in total. The Bertz CT molecular complexity index is 1060. The third-order valence-corrected chi connectivity index (χ3v) is 7.76. The van der Waals surface area contributed by atoms with E-state index in [1.54, 1.807) is 19.1 Å². The van der Waals surface area contributed by atoms with E-state index in [2.05, 4.69) is 6.07 Å². The van der Waals surface area contributed by atoms with Crippen molar-refractivity contribution < 1.29 is 17.9 Å². The lowest BCUT2D eigenvalue weighted by atomic mass is 9.91. The standard InChI is InChI=1S/C22H26N2O4S/c1-4-28-20-11-16(3)21(12-15(20)2)29(26,27)23-13-19-18-8-6-5-7-17(18)9-10-24(19)22(25)14-23/h5-8,11-12,19H,4,9-10,13-14H2,1-3H3/t19-/m0/s1. The average Bonchev–Trinajstić information content (AvgIpc) is 2.70. The molecule has 1 fully saturated rings. The number of hydrogen-bond acceptors (Lipinski definition) is 4. The summed E-state index contributed by atoms with van der Waals surface area (Å²) in [5, 5.41) is 0. The molecule has 0 aliphatic carbocycles. The Morgan fingerprint density at radius 3 is 2.66 bits per heavy atom. The van der Waals surface area contributed by atoms with Crippen LogP contribution in [0.15, 0.2) is 41.3 Å². The molecule has 1 amide bonds. The number of rotatable bonds is 4. The predicted octanol–water partition coefficient (Wildman–Crippen LogP) is 2.83. The highest BCUT2D eigenvalue weighted by Gasteiger charge is 2.41. The molecule has 0 unspecified atom stereocenters. The first-order valence-corrected chi connectivity index (χ1v) is 11.4. The van der Waals surface area contributed by atoms with Crippen LogP contribution in [0.1, 0.15) is 35.2 Å². The van der Waals surface area contributed by atoms with E-state index in [-0.39, 0.29) is 29.9 Å². The summed E-state index contributed by atoms with van der Waals surface area (Å²) in [7, 11) is -3.80. The highest BCUT2D eigenvalue weighted by Crippen LogP contribution is 2.36. The highest BCUT2D eigenvalue weighted by atomic mass is 32.2. The molecule has 0 radical (unpaired) electrons. The number of sulfonamides is 1. The number of benzene rings is 2. The molecule has 29 heavy (non-hydrogen) atoms. The Morgan fingerprint density at radius 1 is 1.14 bits per heavy atom. The lowest BCUT2D eigenvalue weighted by molar-refractivity contribution is -0.138. The number of ether oxygens (including phenoxy) is 1. The van der Waals surface area contributed by atoms with Gasteiger partial charge < -0.3 is 9.64 Å². The second-order valence-corrected chi connectivity index (χ2v) is 9.57. The lowest BCUT2D eigenvalue weighted by Gasteiger charge is -2.44. The largest absolute Gasteiger partial charge is 0.494 e. The number of carbonyl (C=O) groups excluding carboxylic acids is 1. The van der Waals surface area contributed by atoms with E-state index in [0.717, 1.165) is 17.5 Å². The molecular weight excluding hydrogens is 388 g/mol. The van der Waals surface area contributed by atoms with Gasteiger partial charge in [0.25, 0.3) is 0 Å². The maximum absolute atomic E-state index is 13.5. The zero-order valence-corrected chi connectivity index (χ0v) is 17.8. The summed E-state index contributed by atoms with van der Waals surface area (Å²) in [6, 6.07) is 11.2. The molecule has 2 aromatic rings. The average molecular weight is 415 g/mol. The van der Waals surface area contributed by atoms with Gasteiger partial charge in [-0.15, -0.1) is 0 Å². The minimum atomic E-state index is -3.80. The summed E-state index contributed by atoms with van der Waals surface area (Å²) >= 11 is 0. The molecule has 7 heteroatoms. The first kappa shape index (κ1) is 19.9. The van der Waals surface area contributed by atoms with Crippen molar-refractivity contribution in [3.8, 4) is 5.75 Å². The quantitative estimate of drug-likeness (QED) is 0.772. The van der Waals surface area contributed by atoms with Crippen molar-refractivity contribution in [2.24, 2.45) is 0 Å². The Morgan fingerprint density at radius 2 is 1.90 bits per heavy atom. The summed E-state index contributed by atoms with van der Waals surface area (Å²) in [6.45, 7) is 6.81. The predicted molar refractivity (Wildman–Crippen MR) is 110 cm³/mol. The number of aryl methyl sites for hydroxylation is 2. The Labute approximate surface area is 172 Å². The minimum absolute atomic E-state index is 0.118. The maximum Gasteiger partial charge on any atom is 0.243 e. The summed E-state index contributed by atoms with van der Waals surface area (Å²) in [5.74, 6) is 0.547. The number of fused-ring (bicyclic) bond motifs is 3. The molecule has 1 atom stereocenters. The fraction of sp³-hybridized carbons (Fsp3) is 0.409. The minimum Gasteiger partial charge on any atom is -0.494 e. The Kier molecular flexibility index (Phi) is 5.12. The van der Waals surface area contributed by atoms with Crippen molar-refractivity contribution in [2.45, 2.75) is 38.1 Å². The van der Waals surface area contributed by atoms with Gasteiger partial charge in [-0.1, -0.05) is 24.3 Å². The summed E-state index contributed by atoms with van der Waals surface area (Å²) in [5.41, 5.74) is 3.63. The van der Waals surface area contributed by atoms with Crippen LogP contribution in [0.25, 0.3) is 0 Å². The van der Waals surface area contributed by atoms with E-state index in [1.165, 1.54) is 9.87 Å². The molecular formula is C22H26N2O4S. The number of nitrogens with zero attached hydrogens (tertiary/aromatic N) is 2. The third-order valence-electron chi connectivity index (χ3n) is 5.81. The van der Waals surface area contributed by atoms with Crippen LogP contribution in [0, 0.1) is 13.8 Å². The van der Waals surface area contributed by atoms with Crippen LogP contribution in [0.2, 0.25) is 0 Å². The van der Waals surface area contributed by atoms with Gasteiger partial charge in [0.15, 0.2) is 0 Å². The number of hydrogen-bond donors (Lipinski definition) is 0. The van der Waals surface area contributed by atoms with Gasteiger partial charge in [0, 0.05) is 13.1 Å². The van der Waals surface area contributed by atoms with Crippen molar-refractivity contribution in [3.05, 3.63) is 58.7 Å². The van der Waals surface area contributed by atoms with E-state index < -0.39 is 10.0 Å². The van der Waals surface area contributed by atoms with Gasteiger partial charge in [0.1, 0.15) is 5.75 Å². The molecule has 4 rings (SSSR count). The lowest BCUT2D eigenvalue weighted by Crippen LogP contribution is -2.55. The zero-order valence-electron chi connectivity index (χ0n) is 17.0. The number of carbonyl (C=O) groups is 1. The van der Waals surface area contributed by atoms with Crippen LogP contribution in [0.3, 0.4) is 0 Å². The monoisotopic (exact) mass is 414 g/mol. The van der Waals surface area contributed by atoms with Crippen molar-refractivity contribution >= 4 is 15.9 Å². The highest BCUT2D eigenvalue weighted by molar-refractivity contribution is 7.89. The number of piperazine rings is 1. The fourth-order valence-corrected chi connectivity index (χ4v) is 6.01. The smallest absolute Gasteiger partial charge is 0.243 e. The van der Waals surface area contributed by atoms with Gasteiger partial charge in [-0.25, -0.2) is 8.42 Å². The van der Waals surface area contributed by atoms with Gasteiger partial charge in [-0.3, -0.25) is 4.79 Å². The molecule has 154 valence electrons. The zero-order chi connectivity index (χ0) is 20.8. The van der Waals surface area contributed by atoms with Gasteiger partial charge in [0.05, 0.1) is 24.1 Å². The molecule has 6 nitrogen and oxygen atoms in total. The van der Waals surface area contributed by atoms with Crippen LogP contribution in [0.5, 0.6) is 5.75 Å². The SMILES string of the molecule is CCOc1cc(C)c(S(=O)(=O)N2CC(=O)N3CCc4ccccc4[C@@H]3C2)cc1C. The second-order valence-electron chi connectivity index (χ2n) is 7.67. The molecule has 2 aliphatic rings. The molecule has 0 aromatic heterocycles. The second kappa shape index (κ2) is 7.46. The Balaban J connectivity index is 1.70. The van der Waals surface area contributed by atoms with E-state index in [4.69, 9.17) is 4.74 Å². The summed E-state index contributed by atoms with van der Waals surface area (Å²) in [4.78, 5) is 14.9. The van der Waals surface area contributed by atoms with Crippen molar-refractivity contribution in [1.82, 2.24) is 9.21 Å². The molecule has 1 saturated heterocycles. The topological polar surface area (TPSA) is 66.9 Å². The fourth-order valence-electron chi connectivity index (χ4n) is 4.32. The van der Waals surface area contributed by atoms with E-state index >= 15 is 0 Å². The Hall–Kier alpha value is -2.38. The van der Waals surface area contributed by atoms with E-state index in [0.29, 0.717) is 24.5 Å². The third kappa shape index (κ3) is 3.42. The normalized spacial score (nSPS) is 19.6. The number of amides is 1. The van der Waals surface area contributed by atoms with Crippen LogP contribution in [0.4, 0.5) is 0 Å². The van der Waals surface area contributed by atoms with Crippen molar-refractivity contribution in [2.75, 3.05) is 26.2 Å². The van der Waals surface area contributed by atoms with Crippen LogP contribution in [-0.2, 0) is 21.2 Å². The molecule has 0 spiro atoms. The molecule has 0 bridgehead atoms. The van der Waals surface area contributed by atoms with Crippen molar-refractivity contribution in [3.63, 3.8) is 0 Å². The van der Waals surface area contributed by atoms with Crippen molar-refractivity contribution in [1.29, 1.82) is 0 Å². The van der Waals surface area contributed by atoms with Crippen LogP contribution in [-0.4, -0.2) is 49.8 Å². The van der Waals surface area contributed by atoms with Gasteiger partial charge >= 0.3 is 0 Å². The van der Waals surface area contributed by atoms with E-state index in [1.807, 2.05) is 36.9 Å². The van der Waals surface area contributed by atoms with Gasteiger partial charge in [0.2, 0.25) is 15.9 Å². The first-order valence-electron chi connectivity index (χ1n) is 9.94. The van der Waals surface area contributed by atoms with E-state index in [9.17, 15) is 13.2 Å².